The molecule has 1 aromatic carbocycles. The number of nitrogens with zero attached hydrogens (tertiary/aromatic N) is 1. The smallest absolute Gasteiger partial charge is 0.304 e. The largest absolute Gasteiger partial charge is 0.481 e. The Morgan fingerprint density at radius 1 is 1.42 bits per heavy atom. The van der Waals surface area contributed by atoms with Crippen molar-refractivity contribution in [2.45, 2.75) is 45.4 Å². The molecule has 4 heteroatoms. The summed E-state index contributed by atoms with van der Waals surface area (Å²) in [6.07, 6.45) is 0.115. The number of carboxylic acids is 1. The lowest BCUT2D eigenvalue weighted by Crippen LogP contribution is -2.21. The summed E-state index contributed by atoms with van der Waals surface area (Å²) >= 11 is 0. The number of aromatic amines is 1. The number of fused-ring (bicyclic) bond motifs is 1. The van der Waals surface area contributed by atoms with E-state index in [9.17, 15) is 4.79 Å². The molecule has 2 N–H and O–H groups in total. The van der Waals surface area contributed by atoms with Gasteiger partial charge in [-0.3, -0.25) is 4.79 Å². The fraction of sp³-hybridized carbons (Fsp3) is 0.467. The van der Waals surface area contributed by atoms with E-state index in [1.807, 2.05) is 32.0 Å². The van der Waals surface area contributed by atoms with Crippen molar-refractivity contribution in [3.8, 4) is 0 Å². The van der Waals surface area contributed by atoms with Crippen LogP contribution in [0, 0.1) is 0 Å². The van der Waals surface area contributed by atoms with Gasteiger partial charge in [0.15, 0.2) is 0 Å². The van der Waals surface area contributed by atoms with Crippen LogP contribution in [0.2, 0.25) is 0 Å². The lowest BCUT2D eigenvalue weighted by atomic mass is 9.81. The lowest BCUT2D eigenvalue weighted by Gasteiger charge is -2.22. The number of hydrogen-bond acceptors (Lipinski definition) is 2. The molecule has 2 aromatic rings. The molecule has 0 aliphatic carbocycles. The van der Waals surface area contributed by atoms with Crippen LogP contribution >= 0.6 is 0 Å². The molecule has 2 rings (SSSR count). The predicted molar refractivity (Wildman–Crippen MR) is 75.5 cm³/mol. The summed E-state index contributed by atoms with van der Waals surface area (Å²) in [5.41, 5.74) is 2.53. The minimum absolute atomic E-state index is 0.115. The van der Waals surface area contributed by atoms with Crippen LogP contribution in [0.5, 0.6) is 0 Å². The fourth-order valence-electron chi connectivity index (χ4n) is 2.20. The van der Waals surface area contributed by atoms with Gasteiger partial charge in [0.1, 0.15) is 5.82 Å². The molecule has 0 amide bonds. The summed E-state index contributed by atoms with van der Waals surface area (Å²) < 4.78 is 0. The summed E-state index contributed by atoms with van der Waals surface area (Å²) in [7, 11) is 0. The highest BCUT2D eigenvalue weighted by Crippen LogP contribution is 2.29. The highest BCUT2D eigenvalue weighted by molar-refractivity contribution is 5.77. The highest BCUT2D eigenvalue weighted by atomic mass is 16.4. The van der Waals surface area contributed by atoms with Gasteiger partial charge >= 0.3 is 5.97 Å². The van der Waals surface area contributed by atoms with Gasteiger partial charge in [0.05, 0.1) is 17.5 Å². The van der Waals surface area contributed by atoms with Gasteiger partial charge in [0.2, 0.25) is 0 Å². The van der Waals surface area contributed by atoms with Crippen LogP contribution in [0.3, 0.4) is 0 Å². The first kappa shape index (κ1) is 13.6. The quantitative estimate of drug-likeness (QED) is 0.885. The van der Waals surface area contributed by atoms with Gasteiger partial charge in [-0.1, -0.05) is 33.8 Å². The van der Waals surface area contributed by atoms with Crippen molar-refractivity contribution in [3.63, 3.8) is 0 Å². The van der Waals surface area contributed by atoms with Crippen LogP contribution in [0.1, 0.15) is 51.4 Å². The number of benzene rings is 1. The van der Waals surface area contributed by atoms with Crippen LogP contribution in [0.4, 0.5) is 0 Å². The van der Waals surface area contributed by atoms with E-state index in [4.69, 9.17) is 5.11 Å². The molecule has 0 saturated carbocycles. The van der Waals surface area contributed by atoms with Gasteiger partial charge in [-0.15, -0.1) is 0 Å². The van der Waals surface area contributed by atoms with Crippen molar-refractivity contribution in [1.29, 1.82) is 0 Å². The average molecular weight is 260 g/mol. The maximum absolute atomic E-state index is 10.9. The molecular formula is C15H20N2O2. The molecule has 0 unspecified atom stereocenters. The van der Waals surface area contributed by atoms with Crippen molar-refractivity contribution < 1.29 is 9.90 Å². The summed E-state index contributed by atoms with van der Waals surface area (Å²) in [5.74, 6) is 0.531. The Labute approximate surface area is 112 Å². The zero-order valence-corrected chi connectivity index (χ0v) is 11.8. The van der Waals surface area contributed by atoms with Crippen LogP contribution in [-0.4, -0.2) is 21.0 Å². The van der Waals surface area contributed by atoms with Crippen molar-refractivity contribution in [2.75, 3.05) is 0 Å². The third kappa shape index (κ3) is 2.78. The zero-order chi connectivity index (χ0) is 14.2. The number of aromatic nitrogens is 2. The van der Waals surface area contributed by atoms with Crippen LogP contribution < -0.4 is 0 Å². The molecular weight excluding hydrogens is 240 g/mol. The number of imidazole rings is 1. The van der Waals surface area contributed by atoms with Gasteiger partial charge in [-0.05, 0) is 17.7 Å². The van der Waals surface area contributed by atoms with E-state index < -0.39 is 5.97 Å². The second-order valence-corrected chi connectivity index (χ2v) is 5.96. The third-order valence-corrected chi connectivity index (χ3v) is 3.42. The van der Waals surface area contributed by atoms with E-state index >= 15 is 0 Å². The van der Waals surface area contributed by atoms with E-state index in [0.29, 0.717) is 5.92 Å². The van der Waals surface area contributed by atoms with Crippen LogP contribution in [0.15, 0.2) is 18.2 Å². The molecule has 0 fully saturated rings. The van der Waals surface area contributed by atoms with E-state index in [1.165, 1.54) is 0 Å². The fourth-order valence-corrected chi connectivity index (χ4v) is 2.20. The monoisotopic (exact) mass is 260 g/mol. The normalized spacial score (nSPS) is 12.3. The Morgan fingerprint density at radius 2 is 2.11 bits per heavy atom. The maximum Gasteiger partial charge on any atom is 0.304 e. The first-order valence-corrected chi connectivity index (χ1v) is 6.51. The molecule has 0 radical (unpaired) electrons. The molecule has 102 valence electrons. The molecule has 0 atom stereocenters. The maximum atomic E-state index is 10.9. The number of H-pyrrole nitrogens is 1. The van der Waals surface area contributed by atoms with Gasteiger partial charge in [0, 0.05) is 11.3 Å². The zero-order valence-electron chi connectivity index (χ0n) is 11.8. The molecule has 1 heterocycles. The molecule has 0 saturated heterocycles. The van der Waals surface area contributed by atoms with Crippen molar-refractivity contribution in [2.24, 2.45) is 0 Å². The van der Waals surface area contributed by atoms with Crippen molar-refractivity contribution in [3.05, 3.63) is 29.6 Å². The summed E-state index contributed by atoms with van der Waals surface area (Å²) in [5, 5.41) is 8.98. The number of nitrogens with one attached hydrogen (secondary N) is 1. The molecule has 0 aliphatic heterocycles. The number of carbonyl (C=O) groups is 1. The molecule has 1 aromatic heterocycles. The number of rotatable bonds is 4. The minimum Gasteiger partial charge on any atom is -0.481 e. The van der Waals surface area contributed by atoms with Crippen LogP contribution in [-0.2, 0) is 10.2 Å². The SMILES string of the molecule is CC(C)c1nc2ccc(C(C)(C)CC(=O)O)cc2[nH]1. The number of aliphatic carboxylic acids is 1. The Morgan fingerprint density at radius 3 is 2.68 bits per heavy atom. The predicted octanol–water partition coefficient (Wildman–Crippen LogP) is 3.44. The molecule has 19 heavy (non-hydrogen) atoms. The average Bonchev–Trinajstić information content (AvgIpc) is 2.69. The minimum atomic E-state index is -0.780. The van der Waals surface area contributed by atoms with E-state index in [0.717, 1.165) is 22.4 Å². The Hall–Kier alpha value is -1.84. The van der Waals surface area contributed by atoms with E-state index in [-0.39, 0.29) is 11.8 Å². The van der Waals surface area contributed by atoms with Crippen LogP contribution in [0.25, 0.3) is 11.0 Å². The van der Waals surface area contributed by atoms with E-state index in [1.54, 1.807) is 0 Å². The first-order chi connectivity index (χ1) is 8.79. The highest BCUT2D eigenvalue weighted by Gasteiger charge is 2.24. The van der Waals surface area contributed by atoms with Crippen molar-refractivity contribution in [1.82, 2.24) is 9.97 Å². The molecule has 0 bridgehead atoms. The van der Waals surface area contributed by atoms with Gasteiger partial charge in [0.25, 0.3) is 0 Å². The van der Waals surface area contributed by atoms with Crippen molar-refractivity contribution >= 4 is 17.0 Å². The Balaban J connectivity index is 2.43. The molecule has 0 aliphatic rings. The first-order valence-electron chi connectivity index (χ1n) is 6.51. The van der Waals surface area contributed by atoms with Gasteiger partial charge < -0.3 is 10.1 Å². The third-order valence-electron chi connectivity index (χ3n) is 3.42. The number of hydrogen-bond donors (Lipinski definition) is 2. The Kier molecular flexibility index (Phi) is 3.35. The lowest BCUT2D eigenvalue weighted by molar-refractivity contribution is -0.138. The summed E-state index contributed by atoms with van der Waals surface area (Å²) in [6.45, 7) is 8.07. The molecule has 4 nitrogen and oxygen atoms in total. The summed E-state index contributed by atoms with van der Waals surface area (Å²) in [6, 6.07) is 5.93. The Bertz CT molecular complexity index is 612. The second-order valence-electron chi connectivity index (χ2n) is 5.96. The second kappa shape index (κ2) is 4.68. The van der Waals surface area contributed by atoms with Gasteiger partial charge in [-0.2, -0.15) is 0 Å². The van der Waals surface area contributed by atoms with Gasteiger partial charge in [-0.25, -0.2) is 4.98 Å². The van der Waals surface area contributed by atoms with E-state index in [2.05, 4.69) is 23.8 Å². The summed E-state index contributed by atoms with van der Waals surface area (Å²) in [4.78, 5) is 18.8. The standard InChI is InChI=1S/C15H20N2O2/c1-9(2)14-16-11-6-5-10(7-12(11)17-14)15(3,4)8-13(18)19/h5-7,9H,8H2,1-4H3,(H,16,17)(H,18,19). The topological polar surface area (TPSA) is 66.0 Å². The number of carboxylic acid groups (broad SMARTS) is 1. The molecule has 0 spiro atoms.